The molecule has 0 atom stereocenters. The van der Waals surface area contributed by atoms with Gasteiger partial charge >= 0.3 is 0 Å². The highest BCUT2D eigenvalue weighted by atomic mass is 32.2. The van der Waals surface area contributed by atoms with Crippen molar-refractivity contribution in [1.29, 1.82) is 0 Å². The monoisotopic (exact) mass is 479 g/mol. The summed E-state index contributed by atoms with van der Waals surface area (Å²) in [7, 11) is -2.31. The standard InChI is InChI=1S/C23H21N5O5S/c1-31-21-5-3-2-4-18(21)14-27(13-17-6-11-22-23(12-17)33-16-32-22)34(29,30)20-9-7-19(8-10-20)28-15-24-25-26-28/h2-12,15H,13-14,16H2,1H3. The molecular formula is C23H21N5O5S. The highest BCUT2D eigenvalue weighted by Crippen LogP contribution is 2.34. The van der Waals surface area contributed by atoms with Crippen LogP contribution in [0.5, 0.6) is 17.2 Å². The Morgan fingerprint density at radius 1 is 1.00 bits per heavy atom. The summed E-state index contributed by atoms with van der Waals surface area (Å²) in [5, 5.41) is 11.0. The summed E-state index contributed by atoms with van der Waals surface area (Å²) in [6.07, 6.45) is 1.44. The normalized spacial score (nSPS) is 12.8. The van der Waals surface area contributed by atoms with Gasteiger partial charge in [0.05, 0.1) is 17.7 Å². The number of rotatable bonds is 8. The zero-order valence-electron chi connectivity index (χ0n) is 18.2. The van der Waals surface area contributed by atoms with Crippen LogP contribution in [0.2, 0.25) is 0 Å². The zero-order valence-corrected chi connectivity index (χ0v) is 19.1. The number of sulfonamides is 1. The Morgan fingerprint density at radius 3 is 2.56 bits per heavy atom. The minimum Gasteiger partial charge on any atom is -0.496 e. The van der Waals surface area contributed by atoms with Gasteiger partial charge in [-0.05, 0) is 58.5 Å². The molecule has 11 heteroatoms. The van der Waals surface area contributed by atoms with Crippen LogP contribution in [0.4, 0.5) is 0 Å². The van der Waals surface area contributed by atoms with Gasteiger partial charge in [0.1, 0.15) is 12.1 Å². The molecule has 3 aromatic carbocycles. The molecular weight excluding hydrogens is 458 g/mol. The van der Waals surface area contributed by atoms with Gasteiger partial charge in [-0.1, -0.05) is 24.3 Å². The largest absolute Gasteiger partial charge is 0.496 e. The predicted octanol–water partition coefficient (Wildman–Crippen LogP) is 2.79. The van der Waals surface area contributed by atoms with Crippen LogP contribution < -0.4 is 14.2 Å². The third-order valence-electron chi connectivity index (χ3n) is 5.42. The van der Waals surface area contributed by atoms with E-state index in [0.717, 1.165) is 11.1 Å². The summed E-state index contributed by atoms with van der Waals surface area (Å²) in [5.74, 6) is 1.85. The lowest BCUT2D eigenvalue weighted by Crippen LogP contribution is -2.30. The molecule has 4 aromatic rings. The second-order valence-corrected chi connectivity index (χ2v) is 9.46. The number of methoxy groups -OCH3 is 1. The van der Waals surface area contributed by atoms with Crippen molar-refractivity contribution >= 4 is 10.0 Å². The van der Waals surface area contributed by atoms with Gasteiger partial charge < -0.3 is 14.2 Å². The van der Waals surface area contributed by atoms with E-state index in [-0.39, 0.29) is 24.8 Å². The molecule has 1 aliphatic rings. The number of hydrogen-bond donors (Lipinski definition) is 0. The van der Waals surface area contributed by atoms with E-state index in [1.165, 1.54) is 15.3 Å². The first kappa shape index (κ1) is 21.9. The lowest BCUT2D eigenvalue weighted by atomic mass is 10.1. The van der Waals surface area contributed by atoms with Crippen molar-refractivity contribution in [3.05, 3.63) is 84.2 Å². The molecule has 34 heavy (non-hydrogen) atoms. The molecule has 2 heterocycles. The minimum atomic E-state index is -3.88. The molecule has 1 aromatic heterocycles. The predicted molar refractivity (Wildman–Crippen MR) is 121 cm³/mol. The maximum Gasteiger partial charge on any atom is 0.243 e. The molecule has 174 valence electrons. The maximum absolute atomic E-state index is 13.8. The molecule has 0 fully saturated rings. The smallest absolute Gasteiger partial charge is 0.243 e. The molecule has 0 bridgehead atoms. The number of para-hydroxylation sites is 1. The van der Waals surface area contributed by atoms with Crippen LogP contribution in [0, 0.1) is 0 Å². The molecule has 0 radical (unpaired) electrons. The van der Waals surface area contributed by atoms with Gasteiger partial charge in [0.25, 0.3) is 0 Å². The van der Waals surface area contributed by atoms with Gasteiger partial charge in [0.2, 0.25) is 16.8 Å². The first-order chi connectivity index (χ1) is 16.5. The number of aromatic nitrogens is 4. The van der Waals surface area contributed by atoms with Crippen LogP contribution in [-0.4, -0.2) is 46.8 Å². The average Bonchev–Trinajstić information content (AvgIpc) is 3.56. The second kappa shape index (κ2) is 9.12. The van der Waals surface area contributed by atoms with Gasteiger partial charge in [-0.15, -0.1) is 5.10 Å². The molecule has 0 saturated heterocycles. The molecule has 0 saturated carbocycles. The number of hydrogen-bond acceptors (Lipinski definition) is 8. The van der Waals surface area contributed by atoms with Gasteiger partial charge in [0.15, 0.2) is 11.5 Å². The Kier molecular flexibility index (Phi) is 5.86. The lowest BCUT2D eigenvalue weighted by Gasteiger charge is -2.23. The van der Waals surface area contributed by atoms with Crippen molar-refractivity contribution in [1.82, 2.24) is 24.5 Å². The summed E-state index contributed by atoms with van der Waals surface area (Å²) in [4.78, 5) is 0.153. The van der Waals surface area contributed by atoms with E-state index >= 15 is 0 Å². The van der Waals surface area contributed by atoms with E-state index < -0.39 is 10.0 Å². The Morgan fingerprint density at radius 2 is 1.79 bits per heavy atom. The SMILES string of the molecule is COc1ccccc1CN(Cc1ccc2c(c1)OCO2)S(=O)(=O)c1ccc(-n2cnnn2)cc1. The van der Waals surface area contributed by atoms with E-state index in [9.17, 15) is 8.42 Å². The van der Waals surface area contributed by atoms with Crippen molar-refractivity contribution in [2.24, 2.45) is 0 Å². The number of benzene rings is 3. The Bertz CT molecular complexity index is 1390. The fourth-order valence-electron chi connectivity index (χ4n) is 3.69. The Labute approximate surface area is 196 Å². The van der Waals surface area contributed by atoms with Crippen LogP contribution in [0.1, 0.15) is 11.1 Å². The van der Waals surface area contributed by atoms with E-state index in [2.05, 4.69) is 15.5 Å². The van der Waals surface area contributed by atoms with E-state index in [0.29, 0.717) is 22.9 Å². The van der Waals surface area contributed by atoms with Gasteiger partial charge in [-0.3, -0.25) is 0 Å². The fourth-order valence-corrected chi connectivity index (χ4v) is 5.10. The van der Waals surface area contributed by atoms with Crippen LogP contribution in [0.15, 0.2) is 78.0 Å². The molecule has 10 nitrogen and oxygen atoms in total. The summed E-state index contributed by atoms with van der Waals surface area (Å²) >= 11 is 0. The first-order valence-electron chi connectivity index (χ1n) is 10.4. The van der Waals surface area contributed by atoms with Crippen molar-refractivity contribution in [3.63, 3.8) is 0 Å². The third-order valence-corrected chi connectivity index (χ3v) is 7.23. The molecule has 0 aliphatic carbocycles. The minimum absolute atomic E-state index is 0.121. The van der Waals surface area contributed by atoms with Crippen molar-refractivity contribution in [2.45, 2.75) is 18.0 Å². The number of fused-ring (bicyclic) bond motifs is 1. The van der Waals surface area contributed by atoms with Crippen molar-refractivity contribution in [3.8, 4) is 22.9 Å². The quantitative estimate of drug-likeness (QED) is 0.380. The van der Waals surface area contributed by atoms with Crippen LogP contribution in [0.3, 0.4) is 0 Å². The summed E-state index contributed by atoms with van der Waals surface area (Å²) in [5.41, 5.74) is 2.17. The summed E-state index contributed by atoms with van der Waals surface area (Å²) in [6.45, 7) is 0.400. The lowest BCUT2D eigenvalue weighted by molar-refractivity contribution is 0.174. The van der Waals surface area contributed by atoms with Gasteiger partial charge in [-0.2, -0.15) is 4.31 Å². The first-order valence-corrected chi connectivity index (χ1v) is 11.8. The van der Waals surface area contributed by atoms with E-state index in [1.807, 2.05) is 30.3 Å². The zero-order chi connectivity index (χ0) is 23.5. The van der Waals surface area contributed by atoms with Crippen molar-refractivity contribution in [2.75, 3.05) is 13.9 Å². The third kappa shape index (κ3) is 4.30. The Balaban J connectivity index is 1.49. The van der Waals surface area contributed by atoms with Crippen molar-refractivity contribution < 1.29 is 22.6 Å². The summed E-state index contributed by atoms with van der Waals surface area (Å²) in [6, 6.07) is 19.2. The molecule has 5 rings (SSSR count). The average molecular weight is 480 g/mol. The highest BCUT2D eigenvalue weighted by molar-refractivity contribution is 7.89. The number of tetrazole rings is 1. The summed E-state index contributed by atoms with van der Waals surface area (Å²) < 4.78 is 46.7. The second-order valence-electron chi connectivity index (χ2n) is 7.52. The highest BCUT2D eigenvalue weighted by Gasteiger charge is 2.27. The fraction of sp³-hybridized carbons (Fsp3) is 0.174. The van der Waals surface area contributed by atoms with E-state index in [4.69, 9.17) is 14.2 Å². The number of ether oxygens (including phenoxy) is 3. The molecule has 0 spiro atoms. The topological polar surface area (TPSA) is 109 Å². The number of nitrogens with zero attached hydrogens (tertiary/aromatic N) is 5. The molecule has 0 N–H and O–H groups in total. The molecule has 1 aliphatic heterocycles. The van der Waals surface area contributed by atoms with E-state index in [1.54, 1.807) is 43.5 Å². The van der Waals surface area contributed by atoms with Crippen LogP contribution >= 0.6 is 0 Å². The molecule has 0 amide bonds. The Hall–Kier alpha value is -3.96. The maximum atomic E-state index is 13.8. The molecule has 0 unspecified atom stereocenters. The van der Waals surface area contributed by atoms with Gasteiger partial charge in [0, 0.05) is 18.7 Å². The van der Waals surface area contributed by atoms with Crippen LogP contribution in [-0.2, 0) is 23.1 Å². The van der Waals surface area contributed by atoms with Crippen LogP contribution in [0.25, 0.3) is 5.69 Å². The van der Waals surface area contributed by atoms with Gasteiger partial charge in [-0.25, -0.2) is 13.1 Å².